The Labute approximate surface area is 219 Å². The zero-order chi connectivity index (χ0) is 28.3. The van der Waals surface area contributed by atoms with E-state index in [4.69, 9.17) is 33.2 Å². The van der Waals surface area contributed by atoms with Crippen molar-refractivity contribution in [1.82, 2.24) is 9.99 Å². The Morgan fingerprint density at radius 1 is 1.26 bits per heavy atom. The molecule has 1 atom stereocenters. The zero-order valence-corrected chi connectivity index (χ0v) is 20.5. The van der Waals surface area contributed by atoms with Crippen molar-refractivity contribution in [3.63, 3.8) is 0 Å². The number of hydrazine groups is 1. The van der Waals surface area contributed by atoms with Crippen molar-refractivity contribution in [3.8, 4) is 6.07 Å². The van der Waals surface area contributed by atoms with Crippen LogP contribution in [0, 0.1) is 21.4 Å². The van der Waals surface area contributed by atoms with Gasteiger partial charge in [0.05, 0.1) is 33.3 Å². The first-order valence-corrected chi connectivity index (χ1v) is 11.2. The summed E-state index contributed by atoms with van der Waals surface area (Å²) in [5, 5.41) is 21.6. The average Bonchev–Trinajstić information content (AvgIpc) is 2.85. The minimum absolute atomic E-state index is 0.0844. The summed E-state index contributed by atoms with van der Waals surface area (Å²) in [5.41, 5.74) is 1.99. The maximum atomic E-state index is 14.2. The van der Waals surface area contributed by atoms with E-state index in [1.165, 1.54) is 6.07 Å². The SMILES string of the molecule is CCC(OC(=O)c1ccc([N+](=O)[O-])cc1)(/C(N)=C/N(N)Cc1ccc2c(Cl)cc(C#N)nc2c1)C(F)(F)F. The van der Waals surface area contributed by atoms with Crippen LogP contribution in [0.15, 0.2) is 60.4 Å². The van der Waals surface area contributed by atoms with Gasteiger partial charge in [-0.05, 0) is 36.2 Å². The Morgan fingerprint density at radius 3 is 2.47 bits per heavy atom. The zero-order valence-electron chi connectivity index (χ0n) is 19.7. The van der Waals surface area contributed by atoms with Crippen LogP contribution in [0.2, 0.25) is 5.02 Å². The number of esters is 1. The number of carbonyl (C=O) groups is 1. The topological polar surface area (TPSA) is 161 Å². The van der Waals surface area contributed by atoms with Crippen molar-refractivity contribution >= 4 is 34.2 Å². The first-order chi connectivity index (χ1) is 17.8. The van der Waals surface area contributed by atoms with Gasteiger partial charge in [-0.1, -0.05) is 30.7 Å². The van der Waals surface area contributed by atoms with E-state index in [2.05, 4.69) is 4.98 Å². The molecule has 0 saturated heterocycles. The number of nitrogens with two attached hydrogens (primary N) is 2. The number of carbonyl (C=O) groups excluding carboxylic acids is 1. The summed E-state index contributed by atoms with van der Waals surface area (Å²) in [7, 11) is 0. The van der Waals surface area contributed by atoms with Crippen LogP contribution in [0.3, 0.4) is 0 Å². The second-order valence-corrected chi connectivity index (χ2v) is 8.49. The van der Waals surface area contributed by atoms with Gasteiger partial charge in [0.25, 0.3) is 5.69 Å². The Balaban J connectivity index is 1.89. The monoisotopic (exact) mass is 548 g/mol. The van der Waals surface area contributed by atoms with Crippen molar-refractivity contribution in [2.75, 3.05) is 0 Å². The van der Waals surface area contributed by atoms with Gasteiger partial charge in [0.2, 0.25) is 5.60 Å². The summed E-state index contributed by atoms with van der Waals surface area (Å²) in [6.07, 6.45) is -5.10. The Morgan fingerprint density at radius 2 is 1.92 bits per heavy atom. The Hall–Kier alpha value is -4.41. The molecule has 0 radical (unpaired) electrons. The number of alkyl halides is 3. The van der Waals surface area contributed by atoms with Crippen LogP contribution in [0.5, 0.6) is 0 Å². The molecule has 1 unspecified atom stereocenters. The van der Waals surface area contributed by atoms with Crippen molar-refractivity contribution in [2.45, 2.75) is 31.7 Å². The largest absolute Gasteiger partial charge is 0.439 e. The van der Waals surface area contributed by atoms with E-state index in [0.29, 0.717) is 21.5 Å². The van der Waals surface area contributed by atoms with Crippen LogP contribution in [-0.4, -0.2) is 32.7 Å². The molecular weight excluding hydrogens is 529 g/mol. The molecule has 0 amide bonds. The lowest BCUT2D eigenvalue weighted by Crippen LogP contribution is -2.53. The van der Waals surface area contributed by atoms with E-state index < -0.39 is 34.8 Å². The molecule has 198 valence electrons. The molecule has 0 fully saturated rings. The molecule has 0 saturated carbocycles. The number of hydrogen-bond acceptors (Lipinski definition) is 9. The molecule has 3 rings (SSSR count). The Bertz CT molecular complexity index is 1460. The van der Waals surface area contributed by atoms with Crippen LogP contribution >= 0.6 is 11.6 Å². The summed E-state index contributed by atoms with van der Waals surface area (Å²) >= 11 is 6.15. The van der Waals surface area contributed by atoms with Gasteiger partial charge < -0.3 is 15.5 Å². The second-order valence-electron chi connectivity index (χ2n) is 8.08. The predicted octanol–water partition coefficient (Wildman–Crippen LogP) is 4.71. The lowest BCUT2D eigenvalue weighted by molar-refractivity contribution is -0.384. The van der Waals surface area contributed by atoms with Gasteiger partial charge in [-0.15, -0.1) is 0 Å². The van der Waals surface area contributed by atoms with Crippen LogP contribution in [-0.2, 0) is 11.3 Å². The number of pyridine rings is 1. The lowest BCUT2D eigenvalue weighted by atomic mass is 9.95. The third-order valence-corrected chi connectivity index (χ3v) is 5.92. The fraction of sp³-hybridized carbons (Fsp3) is 0.208. The van der Waals surface area contributed by atoms with Crippen molar-refractivity contribution < 1.29 is 27.6 Å². The number of benzene rings is 2. The minimum Gasteiger partial charge on any atom is -0.439 e. The number of nitrogens with zero attached hydrogens (tertiary/aromatic N) is 4. The highest BCUT2D eigenvalue weighted by atomic mass is 35.5. The molecule has 4 N–H and O–H groups in total. The molecule has 2 aromatic carbocycles. The molecule has 0 spiro atoms. The molecule has 10 nitrogen and oxygen atoms in total. The minimum atomic E-state index is -5.13. The third kappa shape index (κ3) is 5.77. The summed E-state index contributed by atoms with van der Waals surface area (Å²) in [4.78, 5) is 26.8. The van der Waals surface area contributed by atoms with Crippen molar-refractivity contribution in [3.05, 3.63) is 92.4 Å². The van der Waals surface area contributed by atoms with E-state index in [0.717, 1.165) is 42.4 Å². The molecule has 0 bridgehead atoms. The first kappa shape index (κ1) is 28.2. The number of nitriles is 1. The summed E-state index contributed by atoms with van der Waals surface area (Å²) in [6, 6.07) is 12.0. The number of non-ortho nitro benzene ring substituents is 1. The van der Waals surface area contributed by atoms with Gasteiger partial charge in [-0.3, -0.25) is 10.1 Å². The van der Waals surface area contributed by atoms with E-state index in [1.807, 2.05) is 6.07 Å². The molecule has 0 aliphatic heterocycles. The summed E-state index contributed by atoms with van der Waals surface area (Å²) in [6.45, 7) is 1.00. The van der Waals surface area contributed by atoms with Gasteiger partial charge in [0, 0.05) is 23.7 Å². The van der Waals surface area contributed by atoms with Crippen LogP contribution in [0.4, 0.5) is 18.9 Å². The normalized spacial score (nSPS) is 13.4. The number of nitro benzene ring substituents is 1. The summed E-state index contributed by atoms with van der Waals surface area (Å²) < 4.78 is 47.6. The van der Waals surface area contributed by atoms with Gasteiger partial charge >= 0.3 is 12.1 Å². The predicted molar refractivity (Wildman–Crippen MR) is 131 cm³/mol. The molecule has 0 aliphatic rings. The van der Waals surface area contributed by atoms with E-state index in [-0.39, 0.29) is 23.5 Å². The second kappa shape index (κ2) is 10.9. The molecule has 0 aliphatic carbocycles. The third-order valence-electron chi connectivity index (χ3n) is 5.61. The number of ether oxygens (including phenoxy) is 1. The number of rotatable bonds is 8. The van der Waals surface area contributed by atoms with E-state index >= 15 is 0 Å². The maximum Gasteiger partial charge on any atom is 0.434 e. The molecule has 14 heteroatoms. The number of fused-ring (bicyclic) bond motifs is 1. The van der Waals surface area contributed by atoms with Crippen molar-refractivity contribution in [1.29, 1.82) is 5.26 Å². The highest BCUT2D eigenvalue weighted by Gasteiger charge is 2.59. The smallest absolute Gasteiger partial charge is 0.434 e. The van der Waals surface area contributed by atoms with Crippen LogP contribution in [0.1, 0.15) is 35.0 Å². The molecule has 38 heavy (non-hydrogen) atoms. The average molecular weight is 549 g/mol. The highest BCUT2D eigenvalue weighted by molar-refractivity contribution is 6.35. The maximum absolute atomic E-state index is 14.2. The van der Waals surface area contributed by atoms with Gasteiger partial charge in [0.15, 0.2) is 0 Å². The van der Waals surface area contributed by atoms with Gasteiger partial charge in [-0.25, -0.2) is 15.6 Å². The molecule has 3 aromatic rings. The van der Waals surface area contributed by atoms with E-state index in [9.17, 15) is 28.1 Å². The van der Waals surface area contributed by atoms with E-state index in [1.54, 1.807) is 18.2 Å². The number of aromatic nitrogens is 1. The number of halogens is 4. The van der Waals surface area contributed by atoms with Gasteiger partial charge in [0.1, 0.15) is 11.8 Å². The fourth-order valence-electron chi connectivity index (χ4n) is 3.62. The Kier molecular flexibility index (Phi) is 8.09. The quantitative estimate of drug-likeness (QED) is 0.176. The highest BCUT2D eigenvalue weighted by Crippen LogP contribution is 2.41. The molecule has 1 heterocycles. The van der Waals surface area contributed by atoms with Gasteiger partial charge in [-0.2, -0.15) is 18.4 Å². The first-order valence-electron chi connectivity index (χ1n) is 10.8. The summed E-state index contributed by atoms with van der Waals surface area (Å²) in [5.74, 6) is 4.54. The number of nitro groups is 1. The molecule has 1 aromatic heterocycles. The lowest BCUT2D eigenvalue weighted by Gasteiger charge is -2.35. The fourth-order valence-corrected chi connectivity index (χ4v) is 3.88. The molecular formula is C24H20ClF3N6O4. The van der Waals surface area contributed by atoms with Crippen molar-refractivity contribution in [2.24, 2.45) is 11.6 Å². The standard InChI is InChI=1S/C24H20ClF3N6O4/c1-2-23(24(26,27)28,38-22(35)15-4-6-17(7-5-15)34(36)37)21(30)13-33(31)12-14-3-8-18-19(25)10-16(11-29)32-20(18)9-14/h3-10,13H,2,12,30-31H2,1H3/b21-13-. The number of hydrogen-bond donors (Lipinski definition) is 2. The van der Waals surface area contributed by atoms with Crippen LogP contribution < -0.4 is 11.6 Å². The van der Waals surface area contributed by atoms with Crippen LogP contribution in [0.25, 0.3) is 10.9 Å².